The van der Waals surface area contributed by atoms with E-state index in [-0.39, 0.29) is 18.7 Å². The van der Waals surface area contributed by atoms with Crippen LogP contribution in [0.4, 0.5) is 0 Å². The van der Waals surface area contributed by atoms with E-state index < -0.39 is 0 Å². The lowest BCUT2D eigenvalue weighted by Crippen LogP contribution is -2.11. The SMILES string of the molecule is CC(C)OC(=O)CCCO. The van der Waals surface area contributed by atoms with Gasteiger partial charge in [-0.2, -0.15) is 0 Å². The molecule has 0 aliphatic carbocycles. The largest absolute Gasteiger partial charge is 0.463 e. The molecule has 0 fully saturated rings. The Balaban J connectivity index is 3.26. The molecule has 0 rings (SSSR count). The molecular formula is C7H14O3. The summed E-state index contributed by atoms with van der Waals surface area (Å²) in [5.41, 5.74) is 0. The van der Waals surface area contributed by atoms with Crippen molar-refractivity contribution in [2.24, 2.45) is 0 Å². The molecule has 0 unspecified atom stereocenters. The first-order valence-electron chi connectivity index (χ1n) is 3.47. The molecule has 0 heterocycles. The number of aliphatic hydroxyl groups is 1. The van der Waals surface area contributed by atoms with Gasteiger partial charge in [-0.25, -0.2) is 0 Å². The maximum Gasteiger partial charge on any atom is 0.306 e. The molecule has 10 heavy (non-hydrogen) atoms. The van der Waals surface area contributed by atoms with Crippen molar-refractivity contribution in [1.29, 1.82) is 0 Å². The summed E-state index contributed by atoms with van der Waals surface area (Å²) in [6.45, 7) is 3.65. The lowest BCUT2D eigenvalue weighted by Gasteiger charge is -2.06. The first-order chi connectivity index (χ1) is 4.66. The van der Waals surface area contributed by atoms with Gasteiger partial charge >= 0.3 is 5.97 Å². The summed E-state index contributed by atoms with van der Waals surface area (Å²) in [6, 6.07) is 0. The normalized spacial score (nSPS) is 10.0. The highest BCUT2D eigenvalue weighted by Gasteiger charge is 2.03. The van der Waals surface area contributed by atoms with Crippen LogP contribution in [0.1, 0.15) is 26.7 Å². The van der Waals surface area contributed by atoms with E-state index in [9.17, 15) is 4.79 Å². The predicted octanol–water partition coefficient (Wildman–Crippen LogP) is 0.710. The van der Waals surface area contributed by atoms with Gasteiger partial charge in [0, 0.05) is 13.0 Å². The van der Waals surface area contributed by atoms with Crippen LogP contribution in [-0.2, 0) is 9.53 Å². The minimum atomic E-state index is -0.232. The zero-order chi connectivity index (χ0) is 7.98. The first kappa shape index (κ1) is 9.43. The second-order valence-electron chi connectivity index (χ2n) is 2.37. The number of rotatable bonds is 4. The van der Waals surface area contributed by atoms with Crippen LogP contribution in [0.3, 0.4) is 0 Å². The fourth-order valence-corrected chi connectivity index (χ4v) is 0.545. The summed E-state index contributed by atoms with van der Waals surface area (Å²) in [7, 11) is 0. The van der Waals surface area contributed by atoms with Crippen LogP contribution in [0, 0.1) is 0 Å². The fourth-order valence-electron chi connectivity index (χ4n) is 0.545. The van der Waals surface area contributed by atoms with E-state index in [4.69, 9.17) is 9.84 Å². The Bertz CT molecular complexity index is 99.0. The van der Waals surface area contributed by atoms with Crippen molar-refractivity contribution in [3.8, 4) is 0 Å². The van der Waals surface area contributed by atoms with Gasteiger partial charge in [-0.05, 0) is 20.3 Å². The molecule has 0 saturated heterocycles. The molecule has 0 aromatic heterocycles. The van der Waals surface area contributed by atoms with Crippen LogP contribution in [0.15, 0.2) is 0 Å². The molecule has 0 aromatic carbocycles. The molecule has 3 heteroatoms. The summed E-state index contributed by atoms with van der Waals surface area (Å²) >= 11 is 0. The highest BCUT2D eigenvalue weighted by molar-refractivity contribution is 5.69. The molecule has 0 radical (unpaired) electrons. The second kappa shape index (κ2) is 5.23. The maximum atomic E-state index is 10.7. The van der Waals surface area contributed by atoms with E-state index in [0.29, 0.717) is 12.8 Å². The van der Waals surface area contributed by atoms with Crippen LogP contribution >= 0.6 is 0 Å². The summed E-state index contributed by atoms with van der Waals surface area (Å²) in [5, 5.41) is 8.34. The van der Waals surface area contributed by atoms with Crippen molar-refractivity contribution in [1.82, 2.24) is 0 Å². The second-order valence-corrected chi connectivity index (χ2v) is 2.37. The lowest BCUT2D eigenvalue weighted by atomic mass is 10.3. The summed E-state index contributed by atoms with van der Waals surface area (Å²) < 4.78 is 4.80. The number of aliphatic hydroxyl groups excluding tert-OH is 1. The molecule has 3 nitrogen and oxygen atoms in total. The minimum absolute atomic E-state index is 0.0488. The van der Waals surface area contributed by atoms with Crippen molar-refractivity contribution in [2.75, 3.05) is 6.61 Å². The Kier molecular flexibility index (Phi) is 4.94. The summed E-state index contributed by atoms with van der Waals surface area (Å²) in [4.78, 5) is 10.7. The smallest absolute Gasteiger partial charge is 0.306 e. The Morgan fingerprint density at radius 2 is 2.20 bits per heavy atom. The monoisotopic (exact) mass is 146 g/mol. The average Bonchev–Trinajstić information content (AvgIpc) is 1.82. The van der Waals surface area contributed by atoms with Crippen LogP contribution in [0.2, 0.25) is 0 Å². The zero-order valence-electron chi connectivity index (χ0n) is 6.46. The molecule has 0 bridgehead atoms. The quantitative estimate of drug-likeness (QED) is 0.594. The van der Waals surface area contributed by atoms with Crippen LogP contribution in [0.5, 0.6) is 0 Å². The Morgan fingerprint density at radius 3 is 2.60 bits per heavy atom. The van der Waals surface area contributed by atoms with E-state index in [0.717, 1.165) is 0 Å². The van der Waals surface area contributed by atoms with Gasteiger partial charge in [0.15, 0.2) is 0 Å². The van der Waals surface area contributed by atoms with Gasteiger partial charge in [0.1, 0.15) is 0 Å². The third-order valence-corrected chi connectivity index (χ3v) is 0.906. The highest BCUT2D eigenvalue weighted by atomic mass is 16.5. The van der Waals surface area contributed by atoms with Crippen molar-refractivity contribution in [3.05, 3.63) is 0 Å². The Hall–Kier alpha value is -0.570. The number of esters is 1. The van der Waals surface area contributed by atoms with E-state index in [1.807, 2.05) is 0 Å². The Labute approximate surface area is 61.0 Å². The topological polar surface area (TPSA) is 46.5 Å². The first-order valence-corrected chi connectivity index (χ1v) is 3.47. The van der Waals surface area contributed by atoms with Crippen molar-refractivity contribution in [2.45, 2.75) is 32.8 Å². The number of carbonyl (C=O) groups is 1. The molecule has 60 valence electrons. The molecule has 0 aromatic rings. The van der Waals surface area contributed by atoms with Crippen LogP contribution < -0.4 is 0 Å². The van der Waals surface area contributed by atoms with Gasteiger partial charge in [0.05, 0.1) is 6.10 Å². The van der Waals surface area contributed by atoms with Gasteiger partial charge in [0.2, 0.25) is 0 Å². The van der Waals surface area contributed by atoms with Gasteiger partial charge in [-0.15, -0.1) is 0 Å². The van der Waals surface area contributed by atoms with Crippen LogP contribution in [-0.4, -0.2) is 23.8 Å². The molecule has 1 N–H and O–H groups in total. The molecule has 0 atom stereocenters. The lowest BCUT2D eigenvalue weighted by molar-refractivity contribution is -0.147. The fraction of sp³-hybridized carbons (Fsp3) is 0.857. The molecular weight excluding hydrogens is 132 g/mol. The zero-order valence-corrected chi connectivity index (χ0v) is 6.46. The number of hydrogen-bond acceptors (Lipinski definition) is 3. The van der Waals surface area contributed by atoms with Crippen molar-refractivity contribution >= 4 is 5.97 Å². The minimum Gasteiger partial charge on any atom is -0.463 e. The van der Waals surface area contributed by atoms with E-state index in [1.54, 1.807) is 13.8 Å². The third-order valence-electron chi connectivity index (χ3n) is 0.906. The van der Waals surface area contributed by atoms with E-state index in [2.05, 4.69) is 0 Å². The van der Waals surface area contributed by atoms with E-state index >= 15 is 0 Å². The average molecular weight is 146 g/mol. The van der Waals surface area contributed by atoms with Gasteiger partial charge in [-0.3, -0.25) is 4.79 Å². The maximum absolute atomic E-state index is 10.7. The molecule has 0 saturated carbocycles. The van der Waals surface area contributed by atoms with Gasteiger partial charge < -0.3 is 9.84 Å². The predicted molar refractivity (Wildman–Crippen MR) is 37.5 cm³/mol. The number of hydrogen-bond donors (Lipinski definition) is 1. The van der Waals surface area contributed by atoms with E-state index in [1.165, 1.54) is 0 Å². The van der Waals surface area contributed by atoms with Crippen molar-refractivity contribution in [3.63, 3.8) is 0 Å². The molecule has 0 spiro atoms. The molecule has 0 aliphatic heterocycles. The third kappa shape index (κ3) is 5.56. The summed E-state index contributed by atoms with van der Waals surface area (Å²) in [5.74, 6) is -0.232. The van der Waals surface area contributed by atoms with Gasteiger partial charge in [-0.1, -0.05) is 0 Å². The molecule has 0 amide bonds. The molecule has 0 aliphatic rings. The summed E-state index contributed by atoms with van der Waals surface area (Å²) in [6.07, 6.45) is 0.756. The number of carbonyl (C=O) groups excluding carboxylic acids is 1. The number of ether oxygens (including phenoxy) is 1. The highest BCUT2D eigenvalue weighted by Crippen LogP contribution is 1.95. The Morgan fingerprint density at radius 1 is 1.60 bits per heavy atom. The van der Waals surface area contributed by atoms with Crippen molar-refractivity contribution < 1.29 is 14.6 Å². The van der Waals surface area contributed by atoms with Gasteiger partial charge in [0.25, 0.3) is 0 Å². The van der Waals surface area contributed by atoms with Crippen LogP contribution in [0.25, 0.3) is 0 Å². The standard InChI is InChI=1S/C7H14O3/c1-6(2)10-7(9)4-3-5-8/h6,8H,3-5H2,1-2H3.